The third kappa shape index (κ3) is 7.83. The minimum atomic E-state index is -3.96. The predicted octanol–water partition coefficient (Wildman–Crippen LogP) is 5.52. The molecule has 1 atom stereocenters. The van der Waals surface area contributed by atoms with Crippen molar-refractivity contribution in [2.24, 2.45) is 0 Å². The maximum atomic E-state index is 13.6. The Morgan fingerprint density at radius 1 is 1.00 bits per heavy atom. The van der Waals surface area contributed by atoms with Crippen molar-refractivity contribution in [3.05, 3.63) is 63.1 Å². The first-order chi connectivity index (χ1) is 17.5. The van der Waals surface area contributed by atoms with Gasteiger partial charge in [-0.1, -0.05) is 67.1 Å². The van der Waals surface area contributed by atoms with Crippen LogP contribution in [0.5, 0.6) is 0 Å². The van der Waals surface area contributed by atoms with Gasteiger partial charge in [-0.05, 0) is 61.2 Å². The van der Waals surface area contributed by atoms with Crippen LogP contribution in [0.25, 0.3) is 0 Å². The van der Waals surface area contributed by atoms with Crippen molar-refractivity contribution in [3.63, 3.8) is 0 Å². The number of amides is 2. The molecule has 11 heteroatoms. The summed E-state index contributed by atoms with van der Waals surface area (Å²) in [4.78, 5) is 28.4. The van der Waals surface area contributed by atoms with Crippen molar-refractivity contribution in [1.82, 2.24) is 14.5 Å². The number of carbonyl (C=O) groups is 2. The summed E-state index contributed by atoms with van der Waals surface area (Å²) in [5.74, 6) is -0.771. The summed E-state index contributed by atoms with van der Waals surface area (Å²) in [6, 6.07) is 9.92. The molecule has 0 aromatic heterocycles. The van der Waals surface area contributed by atoms with E-state index in [1.54, 1.807) is 18.2 Å². The maximum Gasteiger partial charge on any atom is 0.243 e. The van der Waals surface area contributed by atoms with Gasteiger partial charge in [0.25, 0.3) is 0 Å². The van der Waals surface area contributed by atoms with Gasteiger partial charge in [0.15, 0.2) is 0 Å². The molecule has 0 aliphatic heterocycles. The Kier molecular flexibility index (Phi) is 10.7. The van der Waals surface area contributed by atoms with Crippen molar-refractivity contribution in [2.45, 2.75) is 69.0 Å². The number of nitrogens with zero attached hydrogens (tertiary/aromatic N) is 2. The Hall–Kier alpha value is -1.84. The monoisotopic (exact) mass is 587 g/mol. The van der Waals surface area contributed by atoms with Crippen molar-refractivity contribution >= 4 is 56.6 Å². The number of nitrogens with one attached hydrogen (secondary N) is 1. The zero-order valence-electron chi connectivity index (χ0n) is 20.9. The van der Waals surface area contributed by atoms with Gasteiger partial charge in [0.05, 0.1) is 11.4 Å². The molecule has 1 saturated carbocycles. The lowest BCUT2D eigenvalue weighted by Gasteiger charge is -2.33. The van der Waals surface area contributed by atoms with Gasteiger partial charge < -0.3 is 10.2 Å². The fraction of sp³-hybridized carbons (Fsp3) is 0.462. The lowest BCUT2D eigenvalue weighted by Crippen LogP contribution is -2.53. The van der Waals surface area contributed by atoms with Crippen molar-refractivity contribution in [3.8, 4) is 0 Å². The van der Waals surface area contributed by atoms with Gasteiger partial charge in [0.1, 0.15) is 6.04 Å². The molecular weight excluding hydrogens is 557 g/mol. The number of likely N-dealkylation sites (N-methyl/N-ethyl adjacent to an activating group) is 1. The summed E-state index contributed by atoms with van der Waals surface area (Å²) in [6.07, 6.45) is 5.42. The normalized spacial score (nSPS) is 15.4. The number of rotatable bonds is 10. The molecule has 1 fully saturated rings. The number of halogens is 3. The van der Waals surface area contributed by atoms with Crippen LogP contribution >= 0.6 is 34.8 Å². The third-order valence-corrected chi connectivity index (χ3v) is 9.23. The van der Waals surface area contributed by atoms with E-state index in [1.165, 1.54) is 36.2 Å². The van der Waals surface area contributed by atoms with E-state index in [2.05, 4.69) is 5.32 Å². The van der Waals surface area contributed by atoms with E-state index >= 15 is 0 Å². The SMILES string of the molecule is CC[C@H](C(=O)NC1CCCCC1)N(Cc1ccc(Cl)cc1Cl)C(=O)CN(C)S(=O)(=O)c1ccc(Cl)cc1. The van der Waals surface area contributed by atoms with E-state index in [4.69, 9.17) is 34.8 Å². The van der Waals surface area contributed by atoms with Gasteiger partial charge in [-0.3, -0.25) is 9.59 Å². The van der Waals surface area contributed by atoms with Gasteiger partial charge >= 0.3 is 0 Å². The Labute approximate surface area is 234 Å². The lowest BCUT2D eigenvalue weighted by molar-refractivity contribution is -0.141. The lowest BCUT2D eigenvalue weighted by atomic mass is 9.95. The Bertz CT molecular complexity index is 1200. The second kappa shape index (κ2) is 13.3. The van der Waals surface area contributed by atoms with Crippen LogP contribution in [0.3, 0.4) is 0 Å². The quantitative estimate of drug-likeness (QED) is 0.396. The second-order valence-electron chi connectivity index (χ2n) is 9.24. The number of hydrogen-bond donors (Lipinski definition) is 1. The van der Waals surface area contributed by atoms with Crippen LogP contribution in [0.1, 0.15) is 51.0 Å². The van der Waals surface area contributed by atoms with E-state index < -0.39 is 28.5 Å². The molecule has 2 aromatic carbocycles. The highest BCUT2D eigenvalue weighted by molar-refractivity contribution is 7.89. The van der Waals surface area contributed by atoms with E-state index in [0.29, 0.717) is 27.1 Å². The van der Waals surface area contributed by atoms with Gasteiger partial charge in [0, 0.05) is 34.7 Å². The summed E-state index contributed by atoms with van der Waals surface area (Å²) in [6.45, 7) is 1.40. The summed E-state index contributed by atoms with van der Waals surface area (Å²) >= 11 is 18.3. The summed E-state index contributed by atoms with van der Waals surface area (Å²) in [5, 5.41) is 4.30. The maximum absolute atomic E-state index is 13.6. The molecule has 0 bridgehead atoms. The molecule has 0 heterocycles. The Morgan fingerprint density at radius 3 is 2.22 bits per heavy atom. The standard InChI is InChI=1S/C26H32Cl3N3O4S/c1-3-24(26(34)30-21-7-5-4-6-8-21)32(16-18-9-10-20(28)15-23(18)29)25(33)17-31(2)37(35,36)22-13-11-19(27)12-14-22/h9-15,21,24H,3-8,16-17H2,1-2H3,(H,30,34)/t24-/m1/s1. The highest BCUT2D eigenvalue weighted by atomic mass is 35.5. The number of benzene rings is 2. The molecule has 7 nitrogen and oxygen atoms in total. The Balaban J connectivity index is 1.86. The topological polar surface area (TPSA) is 86.8 Å². The minimum absolute atomic E-state index is 0.0154. The second-order valence-corrected chi connectivity index (χ2v) is 12.6. The third-order valence-electron chi connectivity index (χ3n) is 6.57. The molecule has 1 aliphatic carbocycles. The zero-order chi connectivity index (χ0) is 27.2. The van der Waals surface area contributed by atoms with Crippen LogP contribution in [0, 0.1) is 0 Å². The molecule has 0 radical (unpaired) electrons. The summed E-state index contributed by atoms with van der Waals surface area (Å²) in [5.41, 5.74) is 0.603. The van der Waals surface area contributed by atoms with Crippen LogP contribution in [0.2, 0.25) is 15.1 Å². The van der Waals surface area contributed by atoms with Crippen molar-refractivity contribution < 1.29 is 18.0 Å². The van der Waals surface area contributed by atoms with Gasteiger partial charge in [0.2, 0.25) is 21.8 Å². The average Bonchev–Trinajstić information content (AvgIpc) is 2.86. The van der Waals surface area contributed by atoms with Crippen molar-refractivity contribution in [2.75, 3.05) is 13.6 Å². The smallest absolute Gasteiger partial charge is 0.243 e. The first-order valence-corrected chi connectivity index (χ1v) is 14.9. The first-order valence-electron chi connectivity index (χ1n) is 12.3. The number of carbonyl (C=O) groups excluding carboxylic acids is 2. The van der Waals surface area contributed by atoms with Gasteiger partial charge in [-0.25, -0.2) is 8.42 Å². The minimum Gasteiger partial charge on any atom is -0.352 e. The molecule has 1 N–H and O–H groups in total. The van der Waals surface area contributed by atoms with Crippen LogP contribution in [-0.4, -0.2) is 55.1 Å². The average molecular weight is 589 g/mol. The molecule has 0 unspecified atom stereocenters. The van der Waals surface area contributed by atoms with Gasteiger partial charge in [-0.15, -0.1) is 0 Å². The summed E-state index contributed by atoms with van der Waals surface area (Å²) in [7, 11) is -2.63. The van der Waals surface area contributed by atoms with Gasteiger partial charge in [-0.2, -0.15) is 4.31 Å². The highest BCUT2D eigenvalue weighted by Gasteiger charge is 2.33. The molecule has 2 amide bonds. The summed E-state index contributed by atoms with van der Waals surface area (Å²) < 4.78 is 27.1. The predicted molar refractivity (Wildman–Crippen MR) is 147 cm³/mol. The van der Waals surface area contributed by atoms with E-state index in [0.717, 1.165) is 36.4 Å². The molecule has 0 saturated heterocycles. The highest BCUT2D eigenvalue weighted by Crippen LogP contribution is 2.25. The number of sulfonamides is 1. The fourth-order valence-corrected chi connectivity index (χ4v) is 6.16. The largest absolute Gasteiger partial charge is 0.352 e. The molecule has 3 rings (SSSR count). The molecule has 1 aliphatic rings. The fourth-order valence-electron chi connectivity index (χ4n) is 4.45. The molecule has 2 aromatic rings. The Morgan fingerprint density at radius 2 is 1.62 bits per heavy atom. The van der Waals surface area contributed by atoms with Crippen LogP contribution in [0.4, 0.5) is 0 Å². The first kappa shape index (κ1) is 29.7. The van der Waals surface area contributed by atoms with Crippen LogP contribution < -0.4 is 5.32 Å². The van der Waals surface area contributed by atoms with Crippen LogP contribution in [0.15, 0.2) is 47.4 Å². The molecule has 37 heavy (non-hydrogen) atoms. The molecular formula is C26H32Cl3N3O4S. The van der Waals surface area contributed by atoms with Crippen molar-refractivity contribution in [1.29, 1.82) is 0 Å². The van der Waals surface area contributed by atoms with E-state index in [1.807, 2.05) is 6.92 Å². The molecule has 0 spiro atoms. The molecule has 202 valence electrons. The zero-order valence-corrected chi connectivity index (χ0v) is 24.0. The number of hydrogen-bond acceptors (Lipinski definition) is 4. The van der Waals surface area contributed by atoms with Crippen LogP contribution in [-0.2, 0) is 26.2 Å². The van der Waals surface area contributed by atoms with E-state index in [9.17, 15) is 18.0 Å². The van der Waals surface area contributed by atoms with E-state index in [-0.39, 0.29) is 23.4 Å².